The van der Waals surface area contributed by atoms with Crippen LogP contribution < -0.4 is 16.0 Å². The molecule has 1 aromatic carbocycles. The summed E-state index contributed by atoms with van der Waals surface area (Å²) >= 11 is 0. The Morgan fingerprint density at radius 2 is 1.95 bits per heavy atom. The number of anilines is 2. The van der Waals surface area contributed by atoms with E-state index in [1.807, 2.05) is 6.07 Å². The zero-order valence-electron chi connectivity index (χ0n) is 11.2. The largest absolute Gasteiger partial charge is 0.321 e. The van der Waals surface area contributed by atoms with Crippen molar-refractivity contribution in [2.75, 3.05) is 10.1 Å². The third kappa shape index (κ3) is 2.94. The number of hydrogen-bond donors (Lipinski definition) is 3. The predicted molar refractivity (Wildman–Crippen MR) is 78.7 cm³/mol. The van der Waals surface area contributed by atoms with Gasteiger partial charge >= 0.3 is 0 Å². The first-order valence-corrected chi connectivity index (χ1v) is 7.42. The fraction of sp³-hybridized carbons (Fsp3) is 0.0769. The number of hydrazine groups is 1. The topological polar surface area (TPSA) is 121 Å². The van der Waals surface area contributed by atoms with E-state index in [1.54, 1.807) is 25.1 Å². The van der Waals surface area contributed by atoms with Crippen molar-refractivity contribution in [1.82, 2.24) is 4.98 Å². The number of aryl methyl sites for hydroxylation is 1. The summed E-state index contributed by atoms with van der Waals surface area (Å²) < 4.78 is 27.1. The second-order valence-corrected chi connectivity index (χ2v) is 5.81. The van der Waals surface area contributed by atoms with Crippen LogP contribution in [0.4, 0.5) is 11.4 Å². The molecule has 0 aliphatic rings. The summed E-state index contributed by atoms with van der Waals surface area (Å²) in [4.78, 5) is 3.82. The Kier molecular flexibility index (Phi) is 4.07. The summed E-state index contributed by atoms with van der Waals surface area (Å²) in [6.45, 7) is 1.73. The van der Waals surface area contributed by atoms with Crippen molar-refractivity contribution in [3.8, 4) is 6.07 Å². The molecular weight excluding hydrogens is 290 g/mol. The van der Waals surface area contributed by atoms with Crippen molar-refractivity contribution in [2.24, 2.45) is 5.84 Å². The monoisotopic (exact) mass is 303 g/mol. The van der Waals surface area contributed by atoms with Gasteiger partial charge in [-0.25, -0.2) is 4.98 Å². The molecule has 0 radical (unpaired) electrons. The second-order valence-electron chi connectivity index (χ2n) is 4.22. The number of nitrogens with two attached hydrogens (primary N) is 1. The Labute approximate surface area is 122 Å². The lowest BCUT2D eigenvalue weighted by Crippen LogP contribution is -2.19. The molecule has 1 heterocycles. The van der Waals surface area contributed by atoms with Gasteiger partial charge in [0.25, 0.3) is 10.0 Å². The van der Waals surface area contributed by atoms with Crippen LogP contribution in [0.5, 0.6) is 0 Å². The van der Waals surface area contributed by atoms with E-state index in [0.29, 0.717) is 5.56 Å². The average Bonchev–Trinajstić information content (AvgIpc) is 2.47. The Morgan fingerprint density at radius 3 is 2.62 bits per heavy atom. The molecule has 0 atom stereocenters. The van der Waals surface area contributed by atoms with Gasteiger partial charge in [0.2, 0.25) is 5.03 Å². The number of nitriles is 1. The molecule has 21 heavy (non-hydrogen) atoms. The molecule has 0 aliphatic heterocycles. The number of hydrogen-bond acceptors (Lipinski definition) is 6. The van der Waals surface area contributed by atoms with E-state index >= 15 is 0 Å². The van der Waals surface area contributed by atoms with Crippen LogP contribution in [0.3, 0.4) is 0 Å². The van der Waals surface area contributed by atoms with Crippen LogP contribution in [0, 0.1) is 18.3 Å². The summed E-state index contributed by atoms with van der Waals surface area (Å²) in [5.74, 6) is 5.29. The van der Waals surface area contributed by atoms with E-state index in [9.17, 15) is 8.42 Å². The normalized spacial score (nSPS) is 10.7. The zero-order valence-corrected chi connectivity index (χ0v) is 12.0. The predicted octanol–water partition coefficient (Wildman–Crippen LogP) is 1.35. The standard InChI is InChI=1S/C13H13N5O2S/c1-9-4-2-5-11(10(9)8-14)18-21(19,20)13-12(17-15)6-3-7-16-13/h2-7,17-18H,15H2,1H3. The Morgan fingerprint density at radius 1 is 1.24 bits per heavy atom. The van der Waals surface area contributed by atoms with Gasteiger partial charge in [0, 0.05) is 6.20 Å². The molecule has 0 unspecified atom stereocenters. The van der Waals surface area contributed by atoms with E-state index in [-0.39, 0.29) is 22.0 Å². The number of sulfonamides is 1. The molecule has 0 spiro atoms. The van der Waals surface area contributed by atoms with Crippen molar-refractivity contribution >= 4 is 21.4 Å². The molecule has 7 nitrogen and oxygen atoms in total. The summed E-state index contributed by atoms with van der Waals surface area (Å²) in [6, 6.07) is 9.93. The molecule has 0 amide bonds. The lowest BCUT2D eigenvalue weighted by Gasteiger charge is -2.12. The minimum atomic E-state index is -3.96. The first kappa shape index (κ1) is 14.8. The van der Waals surface area contributed by atoms with Crippen LogP contribution in [0.1, 0.15) is 11.1 Å². The third-order valence-electron chi connectivity index (χ3n) is 2.81. The van der Waals surface area contributed by atoms with E-state index in [2.05, 4.69) is 15.1 Å². The Bertz CT molecular complexity index is 812. The third-order valence-corrected chi connectivity index (χ3v) is 4.13. The second kappa shape index (κ2) is 5.78. The highest BCUT2D eigenvalue weighted by molar-refractivity contribution is 7.92. The van der Waals surface area contributed by atoms with E-state index < -0.39 is 10.0 Å². The van der Waals surface area contributed by atoms with Crippen molar-refractivity contribution in [3.63, 3.8) is 0 Å². The maximum absolute atomic E-state index is 12.4. The van der Waals surface area contributed by atoms with Crippen molar-refractivity contribution in [3.05, 3.63) is 47.7 Å². The minimum absolute atomic E-state index is 0.163. The van der Waals surface area contributed by atoms with E-state index in [1.165, 1.54) is 18.3 Å². The smallest absolute Gasteiger partial charge is 0.281 e. The quantitative estimate of drug-likeness (QED) is 0.579. The van der Waals surface area contributed by atoms with Gasteiger partial charge in [-0.3, -0.25) is 10.6 Å². The molecular formula is C13H13N5O2S. The highest BCUT2D eigenvalue weighted by Gasteiger charge is 2.21. The maximum atomic E-state index is 12.4. The molecule has 0 saturated carbocycles. The fourth-order valence-corrected chi connectivity index (χ4v) is 2.98. The fourth-order valence-electron chi connectivity index (χ4n) is 1.81. The maximum Gasteiger partial charge on any atom is 0.281 e. The highest BCUT2D eigenvalue weighted by Crippen LogP contribution is 2.24. The van der Waals surface area contributed by atoms with Gasteiger partial charge in [-0.05, 0) is 30.7 Å². The summed E-state index contributed by atoms with van der Waals surface area (Å²) in [7, 11) is -3.96. The van der Waals surface area contributed by atoms with Gasteiger partial charge in [-0.2, -0.15) is 13.7 Å². The molecule has 0 bridgehead atoms. The Balaban J connectivity index is 2.48. The molecule has 0 aliphatic carbocycles. The van der Waals surface area contributed by atoms with E-state index in [0.717, 1.165) is 0 Å². The highest BCUT2D eigenvalue weighted by atomic mass is 32.2. The average molecular weight is 303 g/mol. The van der Waals surface area contributed by atoms with Crippen LogP contribution in [0.15, 0.2) is 41.6 Å². The van der Waals surface area contributed by atoms with Crippen molar-refractivity contribution in [1.29, 1.82) is 5.26 Å². The molecule has 0 saturated heterocycles. The van der Waals surface area contributed by atoms with Crippen LogP contribution >= 0.6 is 0 Å². The number of nitrogen functional groups attached to an aromatic ring is 1. The number of nitrogens with one attached hydrogen (secondary N) is 2. The molecule has 8 heteroatoms. The molecule has 4 N–H and O–H groups in total. The molecule has 2 aromatic rings. The molecule has 2 rings (SSSR count). The molecule has 108 valence electrons. The Hall–Kier alpha value is -2.63. The van der Waals surface area contributed by atoms with Crippen LogP contribution in [0.2, 0.25) is 0 Å². The number of benzene rings is 1. The van der Waals surface area contributed by atoms with Crippen molar-refractivity contribution < 1.29 is 8.42 Å². The summed E-state index contributed by atoms with van der Waals surface area (Å²) in [5, 5.41) is 8.90. The first-order valence-electron chi connectivity index (χ1n) is 5.94. The van der Waals surface area contributed by atoms with Crippen molar-refractivity contribution in [2.45, 2.75) is 11.9 Å². The van der Waals surface area contributed by atoms with Gasteiger partial charge in [0.05, 0.1) is 16.9 Å². The van der Waals surface area contributed by atoms with Gasteiger partial charge in [0.15, 0.2) is 0 Å². The lowest BCUT2D eigenvalue weighted by atomic mass is 10.1. The van der Waals surface area contributed by atoms with Gasteiger partial charge in [-0.1, -0.05) is 12.1 Å². The van der Waals surface area contributed by atoms with Gasteiger partial charge in [0.1, 0.15) is 6.07 Å². The number of nitrogens with zero attached hydrogens (tertiary/aromatic N) is 2. The van der Waals surface area contributed by atoms with Crippen LogP contribution in [0.25, 0.3) is 0 Å². The van der Waals surface area contributed by atoms with Gasteiger partial charge in [-0.15, -0.1) is 0 Å². The number of pyridine rings is 1. The lowest BCUT2D eigenvalue weighted by molar-refractivity contribution is 0.598. The number of rotatable bonds is 4. The zero-order chi connectivity index (χ0) is 15.5. The first-order chi connectivity index (χ1) is 9.99. The molecule has 1 aromatic heterocycles. The minimum Gasteiger partial charge on any atom is -0.321 e. The SMILES string of the molecule is Cc1cccc(NS(=O)(=O)c2ncccc2NN)c1C#N. The van der Waals surface area contributed by atoms with Crippen LogP contribution in [-0.4, -0.2) is 13.4 Å². The van der Waals surface area contributed by atoms with E-state index in [4.69, 9.17) is 11.1 Å². The van der Waals surface area contributed by atoms with Gasteiger partial charge < -0.3 is 5.43 Å². The summed E-state index contributed by atoms with van der Waals surface area (Å²) in [6.07, 6.45) is 1.34. The summed E-state index contributed by atoms with van der Waals surface area (Å²) in [5.41, 5.74) is 3.58. The molecule has 0 fully saturated rings. The number of aromatic nitrogens is 1. The van der Waals surface area contributed by atoms with Crippen LogP contribution in [-0.2, 0) is 10.0 Å².